The Labute approximate surface area is 270 Å². The number of nitrogens with zero attached hydrogens (tertiary/aromatic N) is 2. The zero-order valence-corrected chi connectivity index (χ0v) is 26.9. The monoisotopic (exact) mass is 643 g/mol. The molecule has 1 aliphatic rings. The Morgan fingerprint density at radius 1 is 0.822 bits per heavy atom. The quantitative estimate of drug-likeness (QED) is 0.190. The first-order valence-electron chi connectivity index (χ1n) is 15.2. The summed E-state index contributed by atoms with van der Waals surface area (Å²) in [5.41, 5.74) is 2.94. The zero-order chi connectivity index (χ0) is 31.8. The molecule has 0 aliphatic heterocycles. The van der Waals surface area contributed by atoms with Crippen molar-refractivity contribution in [1.29, 1.82) is 0 Å². The van der Waals surface area contributed by atoms with Gasteiger partial charge in [-0.3, -0.25) is 13.9 Å². The summed E-state index contributed by atoms with van der Waals surface area (Å²) in [7, 11) is -4.13. The van der Waals surface area contributed by atoms with Crippen molar-refractivity contribution in [3.63, 3.8) is 0 Å². The average molecular weight is 644 g/mol. The highest BCUT2D eigenvalue weighted by Crippen LogP contribution is 2.26. The molecule has 7 nitrogen and oxygen atoms in total. The molecule has 1 atom stereocenters. The number of sulfonamides is 1. The first kappa shape index (κ1) is 32.3. The number of hydrogen-bond acceptors (Lipinski definition) is 4. The third kappa shape index (κ3) is 8.32. The van der Waals surface area contributed by atoms with Crippen LogP contribution in [0.1, 0.15) is 42.4 Å². The van der Waals surface area contributed by atoms with E-state index in [2.05, 4.69) is 5.32 Å². The van der Waals surface area contributed by atoms with Gasteiger partial charge in [0.2, 0.25) is 11.8 Å². The highest BCUT2D eigenvalue weighted by molar-refractivity contribution is 7.92. The number of amides is 2. The van der Waals surface area contributed by atoms with E-state index in [1.807, 2.05) is 49.4 Å². The first-order valence-corrected chi connectivity index (χ1v) is 17.1. The Morgan fingerprint density at radius 2 is 1.42 bits per heavy atom. The van der Waals surface area contributed by atoms with Crippen molar-refractivity contribution < 1.29 is 18.0 Å². The fourth-order valence-corrected chi connectivity index (χ4v) is 7.21. The van der Waals surface area contributed by atoms with Crippen LogP contribution in [0.5, 0.6) is 0 Å². The molecule has 45 heavy (non-hydrogen) atoms. The Balaban J connectivity index is 1.54. The van der Waals surface area contributed by atoms with Gasteiger partial charge in [0.05, 0.1) is 10.6 Å². The molecule has 5 rings (SSSR count). The molecular weight excluding hydrogens is 606 g/mol. The SMILES string of the molecule is Cc1ccc(S(=O)(=O)N(CC(=O)N(Cc2ccc(Cl)cc2)[C@H](Cc2ccccc2)C(=O)NC2CCCC2)c2ccccc2)cc1. The van der Waals surface area contributed by atoms with Crippen LogP contribution in [0.25, 0.3) is 0 Å². The molecule has 234 valence electrons. The number of nitrogens with one attached hydrogen (secondary N) is 1. The highest BCUT2D eigenvalue weighted by atomic mass is 35.5. The molecule has 4 aromatic carbocycles. The van der Waals surface area contributed by atoms with Gasteiger partial charge in [-0.15, -0.1) is 0 Å². The molecule has 0 aromatic heterocycles. The smallest absolute Gasteiger partial charge is 0.264 e. The fourth-order valence-electron chi connectivity index (χ4n) is 5.67. The number of para-hydroxylation sites is 1. The molecule has 4 aromatic rings. The van der Waals surface area contributed by atoms with Gasteiger partial charge in [-0.1, -0.05) is 103 Å². The lowest BCUT2D eigenvalue weighted by atomic mass is 10.0. The molecule has 0 bridgehead atoms. The molecule has 1 N–H and O–H groups in total. The van der Waals surface area contributed by atoms with Crippen LogP contribution in [-0.4, -0.2) is 43.8 Å². The summed E-state index contributed by atoms with van der Waals surface area (Å²) in [6.45, 7) is 1.49. The van der Waals surface area contributed by atoms with Crippen LogP contribution >= 0.6 is 11.6 Å². The van der Waals surface area contributed by atoms with Gasteiger partial charge in [0.25, 0.3) is 10.0 Å². The number of carbonyl (C=O) groups excluding carboxylic acids is 2. The Bertz CT molecular complexity index is 1680. The van der Waals surface area contributed by atoms with Crippen molar-refractivity contribution in [2.24, 2.45) is 0 Å². The average Bonchev–Trinajstić information content (AvgIpc) is 3.56. The van der Waals surface area contributed by atoms with E-state index in [0.717, 1.165) is 46.7 Å². The summed E-state index contributed by atoms with van der Waals surface area (Å²) in [5, 5.41) is 3.74. The van der Waals surface area contributed by atoms with E-state index in [9.17, 15) is 18.0 Å². The summed E-state index contributed by atoms with van der Waals surface area (Å²) < 4.78 is 29.3. The minimum Gasteiger partial charge on any atom is -0.352 e. The van der Waals surface area contributed by atoms with Crippen LogP contribution in [0.3, 0.4) is 0 Å². The maximum absolute atomic E-state index is 14.5. The number of carbonyl (C=O) groups is 2. The second-order valence-electron chi connectivity index (χ2n) is 11.5. The number of hydrogen-bond donors (Lipinski definition) is 1. The largest absolute Gasteiger partial charge is 0.352 e. The summed E-state index contributed by atoms with van der Waals surface area (Å²) in [6.07, 6.45) is 4.15. The molecule has 0 spiro atoms. The summed E-state index contributed by atoms with van der Waals surface area (Å²) in [5.74, 6) is -0.743. The molecular formula is C36H38ClN3O4S. The minimum atomic E-state index is -4.13. The van der Waals surface area contributed by atoms with E-state index < -0.39 is 28.5 Å². The predicted molar refractivity (Wildman–Crippen MR) is 178 cm³/mol. The van der Waals surface area contributed by atoms with Gasteiger partial charge in [-0.05, 0) is 67.3 Å². The maximum Gasteiger partial charge on any atom is 0.264 e. The van der Waals surface area contributed by atoms with Gasteiger partial charge < -0.3 is 10.2 Å². The van der Waals surface area contributed by atoms with Crippen molar-refractivity contribution in [1.82, 2.24) is 10.2 Å². The molecule has 1 fully saturated rings. The summed E-state index contributed by atoms with van der Waals surface area (Å²) >= 11 is 6.16. The number of benzene rings is 4. The molecule has 1 saturated carbocycles. The highest BCUT2D eigenvalue weighted by Gasteiger charge is 2.35. The van der Waals surface area contributed by atoms with Crippen molar-refractivity contribution in [2.45, 2.75) is 62.6 Å². The first-order chi connectivity index (χ1) is 21.7. The van der Waals surface area contributed by atoms with Gasteiger partial charge >= 0.3 is 0 Å². The normalized spacial score (nSPS) is 14.1. The summed E-state index contributed by atoms with van der Waals surface area (Å²) in [6, 6.07) is 31.0. The van der Waals surface area contributed by atoms with Crippen LogP contribution in [0.2, 0.25) is 5.02 Å². The van der Waals surface area contributed by atoms with Crippen molar-refractivity contribution in [2.75, 3.05) is 10.8 Å². The molecule has 0 saturated heterocycles. The van der Waals surface area contributed by atoms with Crippen LogP contribution in [0.15, 0.2) is 114 Å². The standard InChI is InChI=1S/C36H38ClN3O4S/c1-27-16-22-33(23-17-27)45(43,44)40(32-14-6-3-7-15-32)26-35(41)39(25-29-18-20-30(37)21-19-29)34(24-28-10-4-2-5-11-28)36(42)38-31-12-8-9-13-31/h2-7,10-11,14-23,31,34H,8-9,12-13,24-26H2,1H3,(H,38,42)/t34-/m1/s1. The number of rotatable bonds is 12. The van der Waals surface area contributed by atoms with E-state index in [1.165, 1.54) is 4.90 Å². The van der Waals surface area contributed by atoms with Crippen molar-refractivity contribution >= 4 is 39.1 Å². The van der Waals surface area contributed by atoms with E-state index in [4.69, 9.17) is 11.6 Å². The van der Waals surface area contributed by atoms with Gasteiger partial charge in [0.1, 0.15) is 12.6 Å². The number of anilines is 1. The third-order valence-electron chi connectivity index (χ3n) is 8.17. The van der Waals surface area contributed by atoms with E-state index in [0.29, 0.717) is 10.7 Å². The number of aryl methyl sites for hydroxylation is 1. The van der Waals surface area contributed by atoms with E-state index in [1.54, 1.807) is 66.7 Å². The van der Waals surface area contributed by atoms with Crippen LogP contribution in [-0.2, 0) is 32.6 Å². The summed E-state index contributed by atoms with van der Waals surface area (Å²) in [4.78, 5) is 30.2. The Kier molecular flexibility index (Phi) is 10.6. The van der Waals surface area contributed by atoms with Crippen molar-refractivity contribution in [3.05, 3.63) is 131 Å². The Hall–Kier alpha value is -4.14. The van der Waals surface area contributed by atoms with Crippen LogP contribution in [0, 0.1) is 6.92 Å². The minimum absolute atomic E-state index is 0.0472. The van der Waals surface area contributed by atoms with E-state index >= 15 is 0 Å². The second kappa shape index (κ2) is 14.8. The lowest BCUT2D eigenvalue weighted by Crippen LogP contribution is -2.54. The van der Waals surface area contributed by atoms with Crippen LogP contribution < -0.4 is 9.62 Å². The van der Waals surface area contributed by atoms with Crippen LogP contribution in [0.4, 0.5) is 5.69 Å². The zero-order valence-electron chi connectivity index (χ0n) is 25.3. The lowest BCUT2D eigenvalue weighted by Gasteiger charge is -2.34. The molecule has 2 amide bonds. The molecule has 0 heterocycles. The topological polar surface area (TPSA) is 86.8 Å². The third-order valence-corrected chi connectivity index (χ3v) is 10.2. The lowest BCUT2D eigenvalue weighted by molar-refractivity contribution is -0.140. The second-order valence-corrected chi connectivity index (χ2v) is 13.8. The molecule has 0 radical (unpaired) electrons. The number of halogens is 1. The van der Waals surface area contributed by atoms with Gasteiger partial charge in [0.15, 0.2) is 0 Å². The van der Waals surface area contributed by atoms with E-state index in [-0.39, 0.29) is 29.8 Å². The molecule has 9 heteroatoms. The van der Waals surface area contributed by atoms with Gasteiger partial charge in [0, 0.05) is 24.0 Å². The predicted octanol–water partition coefficient (Wildman–Crippen LogP) is 6.54. The fraction of sp³-hybridized carbons (Fsp3) is 0.278. The van der Waals surface area contributed by atoms with Gasteiger partial charge in [-0.25, -0.2) is 8.42 Å². The molecule has 1 aliphatic carbocycles. The maximum atomic E-state index is 14.5. The Morgan fingerprint density at radius 3 is 2.04 bits per heavy atom. The molecule has 0 unspecified atom stereocenters. The van der Waals surface area contributed by atoms with Gasteiger partial charge in [-0.2, -0.15) is 0 Å². The van der Waals surface area contributed by atoms with Crippen molar-refractivity contribution in [3.8, 4) is 0 Å².